The van der Waals surface area contributed by atoms with Crippen LogP contribution in [0.2, 0.25) is 5.02 Å². The maximum atomic E-state index is 10.6. The Labute approximate surface area is 115 Å². The molecule has 0 fully saturated rings. The summed E-state index contributed by atoms with van der Waals surface area (Å²) in [7, 11) is 0. The zero-order valence-corrected chi connectivity index (χ0v) is 10.6. The number of halogens is 1. The maximum absolute atomic E-state index is 10.6. The normalized spacial score (nSPS) is 10.6. The van der Waals surface area contributed by atoms with Crippen molar-refractivity contribution in [1.29, 1.82) is 0 Å². The lowest BCUT2D eigenvalue weighted by molar-refractivity contribution is -0.255. The average Bonchev–Trinajstić information content (AvgIpc) is 2.41. The Morgan fingerprint density at radius 2 is 1.84 bits per heavy atom. The lowest BCUT2D eigenvalue weighted by atomic mass is 10.1. The number of benzene rings is 2. The van der Waals surface area contributed by atoms with Crippen molar-refractivity contribution >= 4 is 29.5 Å². The van der Waals surface area contributed by atoms with Crippen LogP contribution in [0.25, 0.3) is 0 Å². The third-order valence-corrected chi connectivity index (χ3v) is 2.75. The predicted octanol–water partition coefficient (Wildman–Crippen LogP) is 2.15. The summed E-state index contributed by atoms with van der Waals surface area (Å²) in [6, 6.07) is 13.4. The molecule has 0 aliphatic rings. The number of carbonyl (C=O) groups is 1. The Balaban J connectivity index is 2.03. The zero-order chi connectivity index (χ0) is 13.7. The van der Waals surface area contributed by atoms with Crippen LogP contribution >= 0.6 is 11.6 Å². The Hall–Kier alpha value is -2.33. The van der Waals surface area contributed by atoms with Gasteiger partial charge in [-0.05, 0) is 23.3 Å². The van der Waals surface area contributed by atoms with E-state index in [1.807, 2.05) is 12.1 Å². The number of nitrogens with one attached hydrogen (secondary N) is 1. The third-order valence-electron chi connectivity index (χ3n) is 2.42. The molecule has 2 rings (SSSR count). The molecular weight excluding hydrogens is 264 g/mol. The topological polar surface area (TPSA) is 64.5 Å². The summed E-state index contributed by atoms with van der Waals surface area (Å²) in [5, 5.41) is 15.2. The van der Waals surface area contributed by atoms with Crippen molar-refractivity contribution in [3.8, 4) is 0 Å². The van der Waals surface area contributed by atoms with E-state index in [1.165, 1.54) is 12.1 Å². The van der Waals surface area contributed by atoms with Gasteiger partial charge in [-0.2, -0.15) is 5.10 Å². The van der Waals surface area contributed by atoms with Crippen LogP contribution in [0.3, 0.4) is 0 Å². The minimum Gasteiger partial charge on any atom is -0.545 e. The molecular formula is C14H10ClN2O2-. The zero-order valence-electron chi connectivity index (χ0n) is 9.84. The lowest BCUT2D eigenvalue weighted by Crippen LogP contribution is -2.21. The standard InChI is InChI=1S/C14H11ClN2O2/c15-12-3-1-2-4-13(12)17-16-9-10-5-7-11(8-6-10)14(18)19/h1-9,17H,(H,18,19)/p-1/b16-9-. The second kappa shape index (κ2) is 6.02. The number of aromatic carboxylic acids is 1. The van der Waals surface area contributed by atoms with Crippen molar-refractivity contribution in [2.24, 2.45) is 5.10 Å². The number of carboxylic acid groups (broad SMARTS) is 1. The minimum absolute atomic E-state index is 0.135. The van der Waals surface area contributed by atoms with Gasteiger partial charge < -0.3 is 9.90 Å². The average molecular weight is 274 g/mol. The number of carbonyl (C=O) groups excluding carboxylic acids is 1. The summed E-state index contributed by atoms with van der Waals surface area (Å²) in [5.41, 5.74) is 4.41. The molecule has 0 amide bonds. The molecule has 0 spiro atoms. The van der Waals surface area contributed by atoms with Gasteiger partial charge in [0.2, 0.25) is 0 Å². The van der Waals surface area contributed by atoms with E-state index in [4.69, 9.17) is 11.6 Å². The van der Waals surface area contributed by atoms with Crippen LogP contribution in [-0.2, 0) is 0 Å². The monoisotopic (exact) mass is 273 g/mol. The van der Waals surface area contributed by atoms with Crippen LogP contribution in [0.5, 0.6) is 0 Å². The van der Waals surface area contributed by atoms with Crippen LogP contribution in [0, 0.1) is 0 Å². The molecule has 0 aliphatic heterocycles. The first-order valence-electron chi connectivity index (χ1n) is 5.52. The molecule has 4 nitrogen and oxygen atoms in total. The first-order valence-corrected chi connectivity index (χ1v) is 5.89. The number of carboxylic acids is 1. The summed E-state index contributed by atoms with van der Waals surface area (Å²) in [4.78, 5) is 10.6. The Morgan fingerprint density at radius 3 is 2.47 bits per heavy atom. The van der Waals surface area contributed by atoms with Gasteiger partial charge in [-0.1, -0.05) is 48.0 Å². The van der Waals surface area contributed by atoms with E-state index >= 15 is 0 Å². The second-order valence-corrected chi connectivity index (χ2v) is 4.17. The Morgan fingerprint density at radius 1 is 1.16 bits per heavy atom. The maximum Gasteiger partial charge on any atom is 0.0748 e. The van der Waals surface area contributed by atoms with Gasteiger partial charge in [0.25, 0.3) is 0 Å². The van der Waals surface area contributed by atoms with Crippen LogP contribution in [0.4, 0.5) is 5.69 Å². The summed E-state index contributed by atoms with van der Waals surface area (Å²) in [6.07, 6.45) is 1.57. The van der Waals surface area contributed by atoms with Gasteiger partial charge in [0.1, 0.15) is 0 Å². The van der Waals surface area contributed by atoms with E-state index in [9.17, 15) is 9.90 Å². The van der Waals surface area contributed by atoms with Crippen LogP contribution in [0.1, 0.15) is 15.9 Å². The summed E-state index contributed by atoms with van der Waals surface area (Å²) >= 11 is 5.95. The van der Waals surface area contributed by atoms with Gasteiger partial charge in [0, 0.05) is 0 Å². The van der Waals surface area contributed by atoms with Crippen LogP contribution in [0.15, 0.2) is 53.6 Å². The smallest absolute Gasteiger partial charge is 0.0748 e. The van der Waals surface area contributed by atoms with Crippen LogP contribution in [-0.4, -0.2) is 12.2 Å². The van der Waals surface area contributed by atoms with E-state index in [-0.39, 0.29) is 5.56 Å². The van der Waals surface area contributed by atoms with Crippen molar-refractivity contribution in [3.05, 3.63) is 64.7 Å². The Kier molecular flexibility index (Phi) is 4.15. The van der Waals surface area contributed by atoms with E-state index in [0.717, 1.165) is 5.56 Å². The predicted molar refractivity (Wildman–Crippen MR) is 73.4 cm³/mol. The second-order valence-electron chi connectivity index (χ2n) is 3.76. The number of hydrogen-bond acceptors (Lipinski definition) is 4. The lowest BCUT2D eigenvalue weighted by Gasteiger charge is -2.03. The van der Waals surface area contributed by atoms with Crippen LogP contribution < -0.4 is 10.5 Å². The minimum atomic E-state index is -1.20. The van der Waals surface area contributed by atoms with Crippen molar-refractivity contribution in [2.75, 3.05) is 5.43 Å². The van der Waals surface area contributed by atoms with E-state index in [2.05, 4.69) is 10.5 Å². The first-order chi connectivity index (χ1) is 9.16. The van der Waals surface area contributed by atoms with Crippen molar-refractivity contribution < 1.29 is 9.90 Å². The fraction of sp³-hybridized carbons (Fsp3) is 0. The molecule has 2 aromatic carbocycles. The fourth-order valence-electron chi connectivity index (χ4n) is 1.43. The molecule has 19 heavy (non-hydrogen) atoms. The van der Waals surface area contributed by atoms with Gasteiger partial charge in [-0.3, -0.25) is 5.43 Å². The van der Waals surface area contributed by atoms with Gasteiger partial charge in [-0.15, -0.1) is 0 Å². The number of nitrogens with zero attached hydrogens (tertiary/aromatic N) is 1. The largest absolute Gasteiger partial charge is 0.545 e. The molecule has 0 heterocycles. The molecule has 0 aromatic heterocycles. The summed E-state index contributed by atoms with van der Waals surface area (Å²) in [6.45, 7) is 0. The quantitative estimate of drug-likeness (QED) is 0.686. The first kappa shape index (κ1) is 13.1. The number of rotatable bonds is 4. The summed E-state index contributed by atoms with van der Waals surface area (Å²) in [5.74, 6) is -1.20. The highest BCUT2D eigenvalue weighted by Crippen LogP contribution is 2.20. The van der Waals surface area contributed by atoms with Crippen molar-refractivity contribution in [2.45, 2.75) is 0 Å². The highest BCUT2D eigenvalue weighted by molar-refractivity contribution is 6.33. The number of hydrazone groups is 1. The number of para-hydroxylation sites is 1. The number of anilines is 1. The number of hydrogen-bond donors (Lipinski definition) is 1. The fourth-order valence-corrected chi connectivity index (χ4v) is 1.61. The molecule has 0 saturated heterocycles. The summed E-state index contributed by atoms with van der Waals surface area (Å²) < 4.78 is 0. The molecule has 0 aliphatic carbocycles. The van der Waals surface area contributed by atoms with E-state index in [0.29, 0.717) is 10.7 Å². The molecule has 0 atom stereocenters. The van der Waals surface area contributed by atoms with Crippen molar-refractivity contribution in [1.82, 2.24) is 0 Å². The third kappa shape index (κ3) is 3.56. The van der Waals surface area contributed by atoms with Gasteiger partial charge >= 0.3 is 0 Å². The Bertz CT molecular complexity index is 609. The van der Waals surface area contributed by atoms with E-state index < -0.39 is 5.97 Å². The van der Waals surface area contributed by atoms with E-state index in [1.54, 1.807) is 30.5 Å². The SMILES string of the molecule is O=C([O-])c1ccc(/C=N\Nc2ccccc2Cl)cc1. The highest BCUT2D eigenvalue weighted by Gasteiger charge is 1.95. The molecule has 1 N–H and O–H groups in total. The molecule has 5 heteroatoms. The molecule has 96 valence electrons. The van der Waals surface area contributed by atoms with Crippen molar-refractivity contribution in [3.63, 3.8) is 0 Å². The van der Waals surface area contributed by atoms with Gasteiger partial charge in [0.15, 0.2) is 0 Å². The van der Waals surface area contributed by atoms with Gasteiger partial charge in [-0.25, -0.2) is 0 Å². The molecule has 2 aromatic rings. The highest BCUT2D eigenvalue weighted by atomic mass is 35.5. The molecule has 0 bridgehead atoms. The molecule has 0 radical (unpaired) electrons. The van der Waals surface area contributed by atoms with Gasteiger partial charge in [0.05, 0.1) is 22.9 Å². The molecule has 0 saturated carbocycles. The molecule has 0 unspecified atom stereocenters.